The van der Waals surface area contributed by atoms with Gasteiger partial charge in [0.15, 0.2) is 0 Å². The lowest BCUT2D eigenvalue weighted by Crippen LogP contribution is -2.28. The quantitative estimate of drug-likeness (QED) is 0.357. The lowest BCUT2D eigenvalue weighted by Gasteiger charge is -2.17. The van der Waals surface area contributed by atoms with Gasteiger partial charge in [0.05, 0.1) is 0 Å². The summed E-state index contributed by atoms with van der Waals surface area (Å²) in [5.41, 5.74) is 4.96. The van der Waals surface area contributed by atoms with Gasteiger partial charge in [-0.25, -0.2) is 0 Å². The topological polar surface area (TPSA) is 38.0 Å². The summed E-state index contributed by atoms with van der Waals surface area (Å²) in [7, 11) is 0. The Bertz CT molecular complexity index is 382. The van der Waals surface area contributed by atoms with Crippen molar-refractivity contribution in [3.8, 4) is 12.3 Å². The Morgan fingerprint density at radius 2 is 2.31 bits per heavy atom. The predicted molar refractivity (Wildman–Crippen MR) is 68.9 cm³/mol. The minimum Gasteiger partial charge on any atom is -0.271 e. The molecule has 1 aromatic rings. The van der Waals surface area contributed by atoms with Crippen LogP contribution in [0.15, 0.2) is 18.2 Å². The zero-order chi connectivity index (χ0) is 12.0. The Labute approximate surface area is 102 Å². The smallest absolute Gasteiger partial charge is 0.0475 e. The van der Waals surface area contributed by atoms with E-state index >= 15 is 0 Å². The maximum Gasteiger partial charge on any atom is 0.0475 e. The van der Waals surface area contributed by atoms with Crippen LogP contribution in [0, 0.1) is 19.3 Å². The molecule has 0 bridgehead atoms. The first-order chi connectivity index (χ1) is 7.69. The van der Waals surface area contributed by atoms with E-state index in [1.165, 1.54) is 0 Å². The molecule has 0 aliphatic carbocycles. The lowest BCUT2D eigenvalue weighted by molar-refractivity contribution is 0.502. The molecule has 0 radical (unpaired) electrons. The van der Waals surface area contributed by atoms with Gasteiger partial charge in [0, 0.05) is 17.5 Å². The van der Waals surface area contributed by atoms with Crippen LogP contribution >= 0.6 is 11.6 Å². The zero-order valence-electron chi connectivity index (χ0n) is 9.46. The second kappa shape index (κ2) is 6.55. The van der Waals surface area contributed by atoms with E-state index in [2.05, 4.69) is 11.3 Å². The third kappa shape index (κ3) is 3.53. The minimum atomic E-state index is 0.0708. The first kappa shape index (κ1) is 13.1. The summed E-state index contributed by atoms with van der Waals surface area (Å²) in [6.45, 7) is 2.01. The van der Waals surface area contributed by atoms with Crippen molar-refractivity contribution < 1.29 is 0 Å². The normalized spacial score (nSPS) is 12.1. The molecule has 0 heterocycles. The van der Waals surface area contributed by atoms with Crippen LogP contribution < -0.4 is 11.3 Å². The Kier molecular flexibility index (Phi) is 5.34. The highest BCUT2D eigenvalue weighted by atomic mass is 35.5. The minimum absolute atomic E-state index is 0.0708. The summed E-state index contributed by atoms with van der Waals surface area (Å²) in [6, 6.07) is 6.06. The van der Waals surface area contributed by atoms with Crippen LogP contribution in [-0.2, 0) is 0 Å². The molecule has 0 amide bonds. The van der Waals surface area contributed by atoms with Crippen LogP contribution in [-0.4, -0.2) is 0 Å². The maximum absolute atomic E-state index is 6.18. The van der Waals surface area contributed by atoms with E-state index in [9.17, 15) is 0 Å². The first-order valence-corrected chi connectivity index (χ1v) is 5.72. The second-order valence-corrected chi connectivity index (χ2v) is 4.25. The van der Waals surface area contributed by atoms with Crippen molar-refractivity contribution in [2.45, 2.75) is 32.2 Å². The second-order valence-electron chi connectivity index (χ2n) is 3.84. The highest BCUT2D eigenvalue weighted by molar-refractivity contribution is 6.31. The Morgan fingerprint density at radius 3 is 2.88 bits per heavy atom. The highest BCUT2D eigenvalue weighted by Gasteiger charge is 2.12. The van der Waals surface area contributed by atoms with E-state index in [1.54, 1.807) is 0 Å². The molecule has 1 atom stereocenters. The molecule has 0 spiro atoms. The number of terminal acetylenes is 1. The van der Waals surface area contributed by atoms with Crippen molar-refractivity contribution in [3.05, 3.63) is 34.3 Å². The van der Waals surface area contributed by atoms with Gasteiger partial charge in [0.1, 0.15) is 0 Å². The van der Waals surface area contributed by atoms with E-state index < -0.39 is 0 Å². The molecule has 16 heavy (non-hydrogen) atoms. The molecule has 0 saturated heterocycles. The summed E-state index contributed by atoms with van der Waals surface area (Å²) < 4.78 is 0. The van der Waals surface area contributed by atoms with Gasteiger partial charge in [-0.15, -0.1) is 12.3 Å². The van der Waals surface area contributed by atoms with Crippen LogP contribution in [0.25, 0.3) is 0 Å². The number of hydrogen-bond acceptors (Lipinski definition) is 2. The molecule has 1 aromatic carbocycles. The fourth-order valence-corrected chi connectivity index (χ4v) is 2.02. The van der Waals surface area contributed by atoms with Gasteiger partial charge in [-0.3, -0.25) is 11.3 Å². The third-order valence-electron chi connectivity index (χ3n) is 2.55. The molecular formula is C13H17ClN2. The maximum atomic E-state index is 6.18. The third-order valence-corrected chi connectivity index (χ3v) is 2.87. The van der Waals surface area contributed by atoms with Crippen LogP contribution in [0.3, 0.4) is 0 Å². The average Bonchev–Trinajstić information content (AvgIpc) is 2.26. The van der Waals surface area contributed by atoms with Crippen molar-refractivity contribution in [1.82, 2.24) is 5.43 Å². The van der Waals surface area contributed by atoms with E-state index in [4.69, 9.17) is 23.9 Å². The van der Waals surface area contributed by atoms with Gasteiger partial charge in [-0.1, -0.05) is 23.7 Å². The Hall–Kier alpha value is -1.01. The highest BCUT2D eigenvalue weighted by Crippen LogP contribution is 2.26. The van der Waals surface area contributed by atoms with Gasteiger partial charge >= 0.3 is 0 Å². The van der Waals surface area contributed by atoms with Crippen molar-refractivity contribution >= 4 is 11.6 Å². The van der Waals surface area contributed by atoms with Crippen molar-refractivity contribution in [2.24, 2.45) is 5.84 Å². The molecule has 86 valence electrons. The molecule has 3 N–H and O–H groups in total. The van der Waals surface area contributed by atoms with Crippen LogP contribution in [0.4, 0.5) is 0 Å². The lowest BCUT2D eigenvalue weighted by atomic mass is 10.0. The number of benzene rings is 1. The molecule has 1 rings (SSSR count). The summed E-state index contributed by atoms with van der Waals surface area (Å²) in [6.07, 6.45) is 7.81. The molecule has 0 aliphatic heterocycles. The summed E-state index contributed by atoms with van der Waals surface area (Å²) in [5, 5.41) is 0.753. The fraction of sp³-hybridized carbons (Fsp3) is 0.385. The van der Waals surface area contributed by atoms with Gasteiger partial charge in [0.25, 0.3) is 0 Å². The first-order valence-electron chi connectivity index (χ1n) is 5.34. The van der Waals surface area contributed by atoms with Crippen LogP contribution in [0.2, 0.25) is 5.02 Å². The SMILES string of the molecule is C#CCCCC(NN)c1ccc(C)cc1Cl. The van der Waals surface area contributed by atoms with Crippen LogP contribution in [0.5, 0.6) is 0 Å². The number of halogens is 1. The van der Waals surface area contributed by atoms with Crippen molar-refractivity contribution in [3.63, 3.8) is 0 Å². The standard InChI is InChI=1S/C13H17ClN2/c1-3-4-5-6-13(16-15)11-8-7-10(2)9-12(11)14/h1,7-9,13,16H,4-6,15H2,2H3. The molecule has 2 nitrogen and oxygen atoms in total. The molecule has 0 saturated carbocycles. The van der Waals surface area contributed by atoms with Gasteiger partial charge in [-0.2, -0.15) is 0 Å². The monoisotopic (exact) mass is 236 g/mol. The number of unbranched alkanes of at least 4 members (excludes halogenated alkanes) is 1. The molecule has 0 aliphatic rings. The molecule has 0 aromatic heterocycles. The molecule has 1 unspecified atom stereocenters. The number of hydrazine groups is 1. The summed E-state index contributed by atoms with van der Waals surface area (Å²) >= 11 is 6.18. The van der Waals surface area contributed by atoms with Gasteiger partial charge < -0.3 is 0 Å². The molecule has 3 heteroatoms. The predicted octanol–water partition coefficient (Wildman–Crippen LogP) is 2.96. The molecule has 0 fully saturated rings. The van der Waals surface area contributed by atoms with E-state index in [-0.39, 0.29) is 6.04 Å². The average molecular weight is 237 g/mol. The largest absolute Gasteiger partial charge is 0.271 e. The number of nitrogens with two attached hydrogens (primary N) is 1. The van der Waals surface area contributed by atoms with E-state index in [0.29, 0.717) is 0 Å². The van der Waals surface area contributed by atoms with Gasteiger partial charge in [0.2, 0.25) is 0 Å². The fourth-order valence-electron chi connectivity index (χ4n) is 1.65. The van der Waals surface area contributed by atoms with E-state index in [1.807, 2.05) is 25.1 Å². The summed E-state index contributed by atoms with van der Waals surface area (Å²) in [4.78, 5) is 0. The number of hydrogen-bond donors (Lipinski definition) is 2. The molecular weight excluding hydrogens is 220 g/mol. The van der Waals surface area contributed by atoms with Crippen molar-refractivity contribution in [1.29, 1.82) is 0 Å². The number of nitrogens with one attached hydrogen (secondary N) is 1. The zero-order valence-corrected chi connectivity index (χ0v) is 10.2. The Balaban J connectivity index is 2.75. The van der Waals surface area contributed by atoms with Crippen LogP contribution in [0.1, 0.15) is 36.4 Å². The number of aryl methyl sites for hydroxylation is 1. The van der Waals surface area contributed by atoms with Crippen molar-refractivity contribution in [2.75, 3.05) is 0 Å². The van der Waals surface area contributed by atoms with Gasteiger partial charge in [-0.05, 0) is 37.0 Å². The number of rotatable bonds is 5. The Morgan fingerprint density at radius 1 is 1.56 bits per heavy atom. The summed E-state index contributed by atoms with van der Waals surface area (Å²) in [5.74, 6) is 8.15. The van der Waals surface area contributed by atoms with E-state index in [0.717, 1.165) is 35.4 Å².